The van der Waals surface area contributed by atoms with Gasteiger partial charge < -0.3 is 14.6 Å². The van der Waals surface area contributed by atoms with Crippen LogP contribution in [-0.4, -0.2) is 39.5 Å². The van der Waals surface area contributed by atoms with Gasteiger partial charge in [-0.2, -0.15) is 0 Å². The van der Waals surface area contributed by atoms with Crippen LogP contribution in [0.3, 0.4) is 0 Å². The van der Waals surface area contributed by atoms with Crippen molar-refractivity contribution in [1.82, 2.24) is 9.47 Å². The van der Waals surface area contributed by atoms with Crippen LogP contribution in [-0.2, 0) is 11.3 Å². The molecule has 0 atom stereocenters. The molecule has 1 aromatic heterocycles. The number of hydrogen-bond donors (Lipinski definition) is 1. The fraction of sp³-hybridized carbons (Fsp3) is 0.571. The van der Waals surface area contributed by atoms with Crippen molar-refractivity contribution in [1.29, 1.82) is 0 Å². The Morgan fingerprint density at radius 1 is 1.37 bits per heavy atom. The summed E-state index contributed by atoms with van der Waals surface area (Å²) in [6, 6.07) is 3.72. The van der Waals surface area contributed by atoms with E-state index in [1.165, 1.54) is 0 Å². The van der Waals surface area contributed by atoms with E-state index in [9.17, 15) is 9.59 Å². The van der Waals surface area contributed by atoms with Crippen LogP contribution in [0.15, 0.2) is 18.3 Å². The molecule has 0 bridgehead atoms. The maximum atomic E-state index is 12.4. The van der Waals surface area contributed by atoms with Gasteiger partial charge in [-0.05, 0) is 31.4 Å². The molecule has 1 amide bonds. The van der Waals surface area contributed by atoms with E-state index in [1.54, 1.807) is 4.90 Å². The lowest BCUT2D eigenvalue weighted by atomic mass is 9.97. The van der Waals surface area contributed by atoms with E-state index in [0.717, 1.165) is 13.0 Å². The van der Waals surface area contributed by atoms with Gasteiger partial charge in [-0.3, -0.25) is 9.59 Å². The average molecular weight is 264 g/mol. The topological polar surface area (TPSA) is 62.5 Å². The molecular weight excluding hydrogens is 244 g/mol. The molecule has 1 aromatic rings. The lowest BCUT2D eigenvalue weighted by molar-refractivity contribution is -0.143. The zero-order valence-electron chi connectivity index (χ0n) is 11.2. The number of carboxylic acid groups (broad SMARTS) is 1. The molecule has 2 rings (SSSR count). The largest absolute Gasteiger partial charge is 0.481 e. The van der Waals surface area contributed by atoms with Crippen molar-refractivity contribution in [2.45, 2.75) is 32.7 Å². The quantitative estimate of drug-likeness (QED) is 0.902. The molecule has 2 heterocycles. The summed E-state index contributed by atoms with van der Waals surface area (Å²) in [4.78, 5) is 25.0. The Kier molecular flexibility index (Phi) is 4.24. The Bertz CT molecular complexity index is 459. The fourth-order valence-corrected chi connectivity index (χ4v) is 2.54. The highest BCUT2D eigenvalue weighted by Gasteiger charge is 2.28. The third-order valence-electron chi connectivity index (χ3n) is 3.64. The van der Waals surface area contributed by atoms with Gasteiger partial charge in [-0.25, -0.2) is 0 Å². The van der Waals surface area contributed by atoms with Crippen LogP contribution >= 0.6 is 0 Å². The van der Waals surface area contributed by atoms with E-state index >= 15 is 0 Å². The van der Waals surface area contributed by atoms with Crippen LogP contribution in [0.25, 0.3) is 0 Å². The Hall–Kier alpha value is -1.78. The highest BCUT2D eigenvalue weighted by molar-refractivity contribution is 5.93. The summed E-state index contributed by atoms with van der Waals surface area (Å²) in [7, 11) is 0. The van der Waals surface area contributed by atoms with E-state index in [-0.39, 0.29) is 11.8 Å². The fourth-order valence-electron chi connectivity index (χ4n) is 2.54. The van der Waals surface area contributed by atoms with Crippen LogP contribution < -0.4 is 0 Å². The number of hydrogen-bond acceptors (Lipinski definition) is 2. The zero-order chi connectivity index (χ0) is 13.8. The molecule has 0 aromatic carbocycles. The first-order valence-electron chi connectivity index (χ1n) is 6.80. The summed E-state index contributed by atoms with van der Waals surface area (Å²) in [5.41, 5.74) is 0.704. The van der Waals surface area contributed by atoms with Gasteiger partial charge in [0.15, 0.2) is 0 Å². The van der Waals surface area contributed by atoms with Gasteiger partial charge in [-0.15, -0.1) is 0 Å². The highest BCUT2D eigenvalue weighted by Crippen LogP contribution is 2.19. The summed E-state index contributed by atoms with van der Waals surface area (Å²) in [5.74, 6) is -1.03. The van der Waals surface area contributed by atoms with Gasteiger partial charge in [0.2, 0.25) is 0 Å². The molecule has 1 fully saturated rings. The van der Waals surface area contributed by atoms with Crippen LogP contribution in [0.1, 0.15) is 36.7 Å². The molecule has 1 aliphatic rings. The second-order valence-electron chi connectivity index (χ2n) is 4.99. The summed E-state index contributed by atoms with van der Waals surface area (Å²) in [6.45, 7) is 3.98. The Morgan fingerprint density at radius 3 is 2.63 bits per heavy atom. The van der Waals surface area contributed by atoms with Crippen molar-refractivity contribution >= 4 is 11.9 Å². The Morgan fingerprint density at radius 2 is 2.05 bits per heavy atom. The number of aliphatic carboxylic acids is 1. The molecule has 0 aliphatic carbocycles. The van der Waals surface area contributed by atoms with E-state index in [4.69, 9.17) is 5.11 Å². The number of amides is 1. The van der Waals surface area contributed by atoms with Crippen molar-refractivity contribution in [2.75, 3.05) is 13.1 Å². The van der Waals surface area contributed by atoms with Crippen molar-refractivity contribution < 1.29 is 14.7 Å². The van der Waals surface area contributed by atoms with Crippen molar-refractivity contribution in [2.24, 2.45) is 5.92 Å². The molecule has 1 aliphatic heterocycles. The van der Waals surface area contributed by atoms with Gasteiger partial charge in [0.25, 0.3) is 5.91 Å². The van der Waals surface area contributed by atoms with Crippen LogP contribution in [0, 0.1) is 5.92 Å². The van der Waals surface area contributed by atoms with E-state index in [0.29, 0.717) is 31.6 Å². The van der Waals surface area contributed by atoms with Crippen LogP contribution in [0.4, 0.5) is 0 Å². The van der Waals surface area contributed by atoms with Crippen LogP contribution in [0.5, 0.6) is 0 Å². The van der Waals surface area contributed by atoms with Gasteiger partial charge in [0.05, 0.1) is 5.92 Å². The number of rotatable bonds is 4. The minimum atomic E-state index is -0.749. The first-order valence-corrected chi connectivity index (χ1v) is 6.80. The summed E-state index contributed by atoms with van der Waals surface area (Å²) >= 11 is 0. The molecule has 0 spiro atoms. The second kappa shape index (κ2) is 5.91. The molecule has 1 N–H and O–H groups in total. The standard InChI is InChI=1S/C14H20N2O3/c1-2-7-15-8-3-4-12(15)13(17)16-9-5-11(6-10-16)14(18)19/h3-4,8,11H,2,5-7,9-10H2,1H3,(H,18,19). The third kappa shape index (κ3) is 2.97. The normalized spacial score (nSPS) is 16.6. The molecule has 5 heteroatoms. The number of carbonyl (C=O) groups is 2. The van der Waals surface area contributed by atoms with Gasteiger partial charge in [0.1, 0.15) is 5.69 Å². The van der Waals surface area contributed by atoms with Gasteiger partial charge >= 0.3 is 5.97 Å². The maximum Gasteiger partial charge on any atom is 0.306 e. The third-order valence-corrected chi connectivity index (χ3v) is 3.64. The van der Waals surface area contributed by atoms with Gasteiger partial charge in [-0.1, -0.05) is 6.92 Å². The smallest absolute Gasteiger partial charge is 0.306 e. The second-order valence-corrected chi connectivity index (χ2v) is 4.99. The molecule has 0 unspecified atom stereocenters. The molecular formula is C14H20N2O3. The first-order chi connectivity index (χ1) is 9.13. The molecule has 104 valence electrons. The summed E-state index contributed by atoms with van der Waals surface area (Å²) in [5, 5.41) is 8.95. The Labute approximate surface area is 112 Å². The lowest BCUT2D eigenvalue weighted by Gasteiger charge is -2.30. The number of piperidine rings is 1. The minimum Gasteiger partial charge on any atom is -0.481 e. The molecule has 1 saturated heterocycles. The zero-order valence-corrected chi connectivity index (χ0v) is 11.2. The summed E-state index contributed by atoms with van der Waals surface area (Å²) < 4.78 is 1.96. The lowest BCUT2D eigenvalue weighted by Crippen LogP contribution is -2.40. The number of carbonyl (C=O) groups excluding carboxylic acids is 1. The predicted molar refractivity (Wildman–Crippen MR) is 71.0 cm³/mol. The SMILES string of the molecule is CCCn1cccc1C(=O)N1CCC(C(=O)O)CC1. The van der Waals surface area contributed by atoms with E-state index in [1.807, 2.05) is 22.9 Å². The minimum absolute atomic E-state index is 0.0160. The number of carboxylic acids is 1. The molecule has 0 saturated carbocycles. The number of nitrogens with zero attached hydrogens (tertiary/aromatic N) is 2. The predicted octanol–water partition coefficient (Wildman–Crippen LogP) is 1.83. The van der Waals surface area contributed by atoms with E-state index < -0.39 is 5.97 Å². The number of aryl methyl sites for hydroxylation is 1. The van der Waals surface area contributed by atoms with Crippen molar-refractivity contribution in [3.05, 3.63) is 24.0 Å². The Balaban J connectivity index is 2.01. The summed E-state index contributed by atoms with van der Waals surface area (Å²) in [6.07, 6.45) is 4.00. The van der Waals surface area contributed by atoms with Gasteiger partial charge in [0, 0.05) is 25.8 Å². The molecule has 5 nitrogen and oxygen atoms in total. The number of likely N-dealkylation sites (tertiary alicyclic amines) is 1. The molecule has 0 radical (unpaired) electrons. The van der Waals surface area contributed by atoms with Crippen molar-refractivity contribution in [3.8, 4) is 0 Å². The van der Waals surface area contributed by atoms with Crippen molar-refractivity contribution in [3.63, 3.8) is 0 Å². The first kappa shape index (κ1) is 13.6. The van der Waals surface area contributed by atoms with Crippen LogP contribution in [0.2, 0.25) is 0 Å². The molecule has 19 heavy (non-hydrogen) atoms. The highest BCUT2D eigenvalue weighted by atomic mass is 16.4. The average Bonchev–Trinajstić information content (AvgIpc) is 2.87. The maximum absolute atomic E-state index is 12.4. The number of aromatic nitrogens is 1. The monoisotopic (exact) mass is 264 g/mol. The van der Waals surface area contributed by atoms with E-state index in [2.05, 4.69) is 6.92 Å².